The second-order valence-corrected chi connectivity index (χ2v) is 7.65. The molecule has 1 aliphatic carbocycles. The minimum absolute atomic E-state index is 0.534. The molecule has 0 heterocycles. The molecule has 3 heteroatoms. The molecule has 0 amide bonds. The maximum atomic E-state index is 5.99. The Morgan fingerprint density at radius 2 is 2.00 bits per heavy atom. The quantitative estimate of drug-likeness (QED) is 0.521. The molecule has 2 nitrogen and oxygen atoms in total. The van der Waals surface area contributed by atoms with Crippen molar-refractivity contribution in [1.82, 2.24) is 0 Å². The second-order valence-electron chi connectivity index (χ2n) is 5.01. The third kappa shape index (κ3) is 4.70. The van der Waals surface area contributed by atoms with Crippen molar-refractivity contribution in [3.63, 3.8) is 0 Å². The van der Waals surface area contributed by atoms with Crippen LogP contribution in [0, 0.1) is 5.92 Å². The first kappa shape index (κ1) is 13.8. The zero-order valence-corrected chi connectivity index (χ0v) is 12.3. The van der Waals surface area contributed by atoms with E-state index in [9.17, 15) is 0 Å². The van der Waals surface area contributed by atoms with Crippen molar-refractivity contribution in [3.8, 4) is 0 Å². The Morgan fingerprint density at radius 3 is 2.50 bits per heavy atom. The summed E-state index contributed by atoms with van der Waals surface area (Å²) in [5.74, 6) is 1.84. The molecule has 1 rings (SSSR count). The lowest BCUT2D eigenvalue weighted by molar-refractivity contribution is 0.239. The van der Waals surface area contributed by atoms with Gasteiger partial charge in [0.25, 0.3) is 0 Å². The zero-order chi connectivity index (χ0) is 12.0. The van der Waals surface area contributed by atoms with Crippen molar-refractivity contribution < 1.29 is 8.85 Å². The predicted molar refractivity (Wildman–Crippen MR) is 70.7 cm³/mol. The summed E-state index contributed by atoms with van der Waals surface area (Å²) in [4.78, 5) is 0. The van der Waals surface area contributed by atoms with Gasteiger partial charge in [-0.25, -0.2) is 0 Å². The van der Waals surface area contributed by atoms with E-state index in [1.807, 2.05) is 6.92 Å². The lowest BCUT2D eigenvalue weighted by Gasteiger charge is -2.21. The van der Waals surface area contributed by atoms with E-state index in [0.29, 0.717) is 5.54 Å². The Hall–Kier alpha value is -0.283. The predicted octanol–water partition coefficient (Wildman–Crippen LogP) is 3.76. The fourth-order valence-electron chi connectivity index (χ4n) is 2.21. The number of rotatable bonds is 6. The molecule has 16 heavy (non-hydrogen) atoms. The molecule has 0 aromatic heterocycles. The summed E-state index contributed by atoms with van der Waals surface area (Å²) in [6, 6.07) is 0. The number of allylic oxidation sites excluding steroid dienone is 2. The Morgan fingerprint density at radius 1 is 1.38 bits per heavy atom. The van der Waals surface area contributed by atoms with E-state index < -0.39 is 9.28 Å². The molecule has 1 unspecified atom stereocenters. The van der Waals surface area contributed by atoms with Crippen molar-refractivity contribution >= 4 is 9.28 Å². The highest BCUT2D eigenvalue weighted by Gasteiger charge is 2.20. The van der Waals surface area contributed by atoms with Crippen LogP contribution in [0.5, 0.6) is 0 Å². The number of hydrogen-bond donors (Lipinski definition) is 0. The Balaban J connectivity index is 2.42. The molecule has 1 saturated carbocycles. The van der Waals surface area contributed by atoms with Crippen LogP contribution >= 0.6 is 0 Å². The van der Waals surface area contributed by atoms with Gasteiger partial charge < -0.3 is 8.85 Å². The Kier molecular flexibility index (Phi) is 6.13. The summed E-state index contributed by atoms with van der Waals surface area (Å²) >= 11 is 0. The van der Waals surface area contributed by atoms with Gasteiger partial charge in [-0.3, -0.25) is 0 Å². The van der Waals surface area contributed by atoms with Crippen LogP contribution < -0.4 is 0 Å². The highest BCUT2D eigenvalue weighted by atomic mass is 28.3. The van der Waals surface area contributed by atoms with Gasteiger partial charge in [-0.05, 0) is 38.7 Å². The van der Waals surface area contributed by atoms with E-state index in [1.54, 1.807) is 0 Å². The summed E-state index contributed by atoms with van der Waals surface area (Å²) in [6.45, 7) is 9.28. The summed E-state index contributed by atoms with van der Waals surface area (Å²) in [5.41, 5.74) is 0.534. The maximum absolute atomic E-state index is 5.99. The molecule has 1 fully saturated rings. The van der Waals surface area contributed by atoms with Crippen molar-refractivity contribution in [2.24, 2.45) is 5.92 Å². The minimum Gasteiger partial charge on any atom is -0.526 e. The highest BCUT2D eigenvalue weighted by molar-refractivity contribution is 6.46. The van der Waals surface area contributed by atoms with Gasteiger partial charge in [-0.1, -0.05) is 26.7 Å². The standard InChI is InChI=1S/C13H26O2Si/c1-5-14-16(11(2)3)15-12(4)10-13-8-6-7-9-13/h10-11,13,16H,5-9H2,1-4H3. The van der Waals surface area contributed by atoms with Gasteiger partial charge in [-0.2, -0.15) is 0 Å². The molecular weight excluding hydrogens is 216 g/mol. The first-order valence-electron chi connectivity index (χ1n) is 6.60. The molecule has 0 aromatic rings. The van der Waals surface area contributed by atoms with Crippen LogP contribution in [0.25, 0.3) is 0 Å². The van der Waals surface area contributed by atoms with E-state index in [4.69, 9.17) is 8.85 Å². The molecule has 0 aliphatic heterocycles. The summed E-state index contributed by atoms with van der Waals surface area (Å²) in [7, 11) is -1.49. The highest BCUT2D eigenvalue weighted by Crippen LogP contribution is 2.27. The summed E-state index contributed by atoms with van der Waals surface area (Å²) < 4.78 is 11.7. The van der Waals surface area contributed by atoms with E-state index in [1.165, 1.54) is 25.7 Å². The SMILES string of the molecule is CCO[SiH](OC(C)=CC1CCCC1)C(C)C. The van der Waals surface area contributed by atoms with Gasteiger partial charge >= 0.3 is 9.28 Å². The van der Waals surface area contributed by atoms with Gasteiger partial charge in [0.1, 0.15) is 0 Å². The second kappa shape index (κ2) is 7.12. The van der Waals surface area contributed by atoms with Crippen LogP contribution in [-0.2, 0) is 8.85 Å². The van der Waals surface area contributed by atoms with Crippen molar-refractivity contribution in [2.45, 2.75) is 58.9 Å². The largest absolute Gasteiger partial charge is 0.526 e. The van der Waals surface area contributed by atoms with Crippen molar-refractivity contribution in [1.29, 1.82) is 0 Å². The molecule has 0 aromatic carbocycles. The molecule has 1 aliphatic rings. The first-order valence-corrected chi connectivity index (χ1v) is 8.21. The number of hydrogen-bond acceptors (Lipinski definition) is 2. The summed E-state index contributed by atoms with van der Waals surface area (Å²) in [6.07, 6.45) is 7.75. The molecule has 0 radical (unpaired) electrons. The third-order valence-electron chi connectivity index (χ3n) is 3.05. The summed E-state index contributed by atoms with van der Waals surface area (Å²) in [5, 5.41) is 0. The third-order valence-corrected chi connectivity index (χ3v) is 5.40. The van der Waals surface area contributed by atoms with Crippen molar-refractivity contribution in [2.75, 3.05) is 6.61 Å². The average molecular weight is 242 g/mol. The topological polar surface area (TPSA) is 18.5 Å². The fourth-order valence-corrected chi connectivity index (χ4v) is 3.70. The van der Waals surface area contributed by atoms with Crippen LogP contribution in [0.3, 0.4) is 0 Å². The lowest BCUT2D eigenvalue weighted by Crippen LogP contribution is -2.25. The van der Waals surface area contributed by atoms with Crippen LogP contribution in [0.1, 0.15) is 53.4 Å². The van der Waals surface area contributed by atoms with E-state index in [2.05, 4.69) is 26.8 Å². The van der Waals surface area contributed by atoms with Crippen LogP contribution in [0.4, 0.5) is 0 Å². The van der Waals surface area contributed by atoms with Gasteiger partial charge in [0, 0.05) is 12.1 Å². The lowest BCUT2D eigenvalue weighted by atomic mass is 10.1. The maximum Gasteiger partial charge on any atom is 0.384 e. The molecule has 0 saturated heterocycles. The van der Waals surface area contributed by atoms with Crippen molar-refractivity contribution in [3.05, 3.63) is 11.8 Å². The van der Waals surface area contributed by atoms with Gasteiger partial charge in [0.05, 0.1) is 5.76 Å². The average Bonchev–Trinajstić information content (AvgIpc) is 2.69. The van der Waals surface area contributed by atoms with E-state index >= 15 is 0 Å². The van der Waals surface area contributed by atoms with Crippen LogP contribution in [0.15, 0.2) is 11.8 Å². The fraction of sp³-hybridized carbons (Fsp3) is 0.846. The van der Waals surface area contributed by atoms with Gasteiger partial charge in [0.15, 0.2) is 0 Å². The molecule has 0 spiro atoms. The van der Waals surface area contributed by atoms with Crippen LogP contribution in [-0.4, -0.2) is 15.9 Å². The Labute approximate surface area is 102 Å². The normalized spacial score (nSPS) is 20.4. The minimum atomic E-state index is -1.49. The van der Waals surface area contributed by atoms with Crippen LogP contribution in [0.2, 0.25) is 5.54 Å². The molecule has 0 N–H and O–H groups in total. The molecule has 0 bridgehead atoms. The zero-order valence-electron chi connectivity index (χ0n) is 11.2. The Bertz CT molecular complexity index is 220. The van der Waals surface area contributed by atoms with E-state index in [-0.39, 0.29) is 0 Å². The van der Waals surface area contributed by atoms with Gasteiger partial charge in [-0.15, -0.1) is 0 Å². The molecular formula is C13H26O2Si. The first-order chi connectivity index (χ1) is 7.63. The smallest absolute Gasteiger partial charge is 0.384 e. The van der Waals surface area contributed by atoms with Gasteiger partial charge in [0.2, 0.25) is 0 Å². The molecule has 1 atom stereocenters. The monoisotopic (exact) mass is 242 g/mol. The van der Waals surface area contributed by atoms with E-state index in [0.717, 1.165) is 18.3 Å². The molecule has 94 valence electrons.